The van der Waals surface area contributed by atoms with Crippen molar-refractivity contribution in [2.24, 2.45) is 5.41 Å². The van der Waals surface area contributed by atoms with Crippen LogP contribution in [0.5, 0.6) is 0 Å². The second-order valence-corrected chi connectivity index (χ2v) is 5.80. The fraction of sp³-hybridized carbons (Fsp3) is 0.500. The third-order valence-electron chi connectivity index (χ3n) is 2.89. The first-order valence-electron chi connectivity index (χ1n) is 6.17. The minimum absolute atomic E-state index is 0.0181. The number of hydrogen-bond acceptors (Lipinski definition) is 3. The summed E-state index contributed by atoms with van der Waals surface area (Å²) in [6.07, 6.45) is 0.876. The average Bonchev–Trinajstić information content (AvgIpc) is 2.32. The summed E-state index contributed by atoms with van der Waals surface area (Å²) in [7, 11) is 1.67. The first-order chi connectivity index (χ1) is 8.84. The highest BCUT2D eigenvalue weighted by molar-refractivity contribution is 6.31. The van der Waals surface area contributed by atoms with Crippen molar-refractivity contribution < 1.29 is 9.53 Å². The van der Waals surface area contributed by atoms with Crippen LogP contribution in [0.1, 0.15) is 30.6 Å². The fourth-order valence-electron chi connectivity index (χ4n) is 1.63. The van der Waals surface area contributed by atoms with Crippen molar-refractivity contribution in [1.29, 1.82) is 0 Å². The third kappa shape index (κ3) is 5.49. The number of rotatable bonds is 6. The summed E-state index contributed by atoms with van der Waals surface area (Å²) < 4.78 is 5.05. The van der Waals surface area contributed by atoms with E-state index >= 15 is 0 Å². The van der Waals surface area contributed by atoms with E-state index in [9.17, 15) is 4.79 Å². The molecule has 0 atom stereocenters. The van der Waals surface area contributed by atoms with Crippen molar-refractivity contribution in [2.45, 2.75) is 20.3 Å². The molecular formula is C14H21ClN2O2. The van der Waals surface area contributed by atoms with Gasteiger partial charge in [0, 0.05) is 36.5 Å². The van der Waals surface area contributed by atoms with E-state index < -0.39 is 0 Å². The molecule has 1 amide bonds. The van der Waals surface area contributed by atoms with Crippen LogP contribution in [-0.4, -0.2) is 26.2 Å². The van der Waals surface area contributed by atoms with Gasteiger partial charge in [-0.2, -0.15) is 0 Å². The molecule has 4 nitrogen and oxygen atoms in total. The van der Waals surface area contributed by atoms with Gasteiger partial charge < -0.3 is 15.8 Å². The second kappa shape index (κ2) is 6.78. The van der Waals surface area contributed by atoms with Gasteiger partial charge in [-0.05, 0) is 30.0 Å². The molecule has 106 valence electrons. The van der Waals surface area contributed by atoms with Crippen LogP contribution in [0.15, 0.2) is 18.2 Å². The van der Waals surface area contributed by atoms with Crippen LogP contribution in [0, 0.1) is 5.41 Å². The maximum absolute atomic E-state index is 12.0. The van der Waals surface area contributed by atoms with Crippen LogP contribution in [0.3, 0.4) is 0 Å². The van der Waals surface area contributed by atoms with Gasteiger partial charge in [-0.1, -0.05) is 25.4 Å². The van der Waals surface area contributed by atoms with E-state index in [1.54, 1.807) is 25.3 Å². The van der Waals surface area contributed by atoms with Gasteiger partial charge in [0.05, 0.1) is 0 Å². The highest BCUT2D eigenvalue weighted by Gasteiger charge is 2.19. The number of benzene rings is 1. The van der Waals surface area contributed by atoms with Crippen molar-refractivity contribution in [2.75, 3.05) is 26.0 Å². The largest absolute Gasteiger partial charge is 0.399 e. The minimum atomic E-state index is -0.167. The second-order valence-electron chi connectivity index (χ2n) is 5.36. The van der Waals surface area contributed by atoms with Crippen LogP contribution >= 0.6 is 11.6 Å². The van der Waals surface area contributed by atoms with E-state index in [4.69, 9.17) is 22.1 Å². The van der Waals surface area contributed by atoms with E-state index in [1.165, 1.54) is 0 Å². The Kier molecular flexibility index (Phi) is 5.63. The Balaban J connectivity index is 2.60. The summed E-state index contributed by atoms with van der Waals surface area (Å²) in [6.45, 7) is 5.41. The number of methoxy groups -OCH3 is 1. The predicted octanol–water partition coefficient (Wildman–Crippen LogP) is 2.71. The van der Waals surface area contributed by atoms with E-state index in [0.717, 1.165) is 6.42 Å². The first kappa shape index (κ1) is 15.8. The monoisotopic (exact) mass is 284 g/mol. The van der Waals surface area contributed by atoms with Crippen molar-refractivity contribution in [3.63, 3.8) is 0 Å². The molecule has 1 aromatic carbocycles. The maximum atomic E-state index is 12.0. The molecule has 5 heteroatoms. The van der Waals surface area contributed by atoms with Crippen LogP contribution in [-0.2, 0) is 4.74 Å². The van der Waals surface area contributed by atoms with Gasteiger partial charge in [-0.25, -0.2) is 0 Å². The van der Waals surface area contributed by atoms with Crippen molar-refractivity contribution in [3.05, 3.63) is 28.8 Å². The Labute approximate surface area is 119 Å². The molecule has 0 radical (unpaired) electrons. The SMILES string of the molecule is COCCC(C)(C)CNC(=O)c1cc(N)cc(Cl)c1. The summed E-state index contributed by atoms with van der Waals surface area (Å²) in [5.74, 6) is -0.167. The molecule has 0 aromatic heterocycles. The Bertz CT molecular complexity index is 427. The molecule has 0 bridgehead atoms. The van der Waals surface area contributed by atoms with Gasteiger partial charge in [0.1, 0.15) is 0 Å². The lowest BCUT2D eigenvalue weighted by Crippen LogP contribution is -2.34. The molecule has 0 saturated heterocycles. The predicted molar refractivity (Wildman–Crippen MR) is 78.5 cm³/mol. The zero-order chi connectivity index (χ0) is 14.5. The highest BCUT2D eigenvalue weighted by Crippen LogP contribution is 2.20. The van der Waals surface area contributed by atoms with Gasteiger partial charge >= 0.3 is 0 Å². The lowest BCUT2D eigenvalue weighted by molar-refractivity contribution is 0.0921. The Morgan fingerprint density at radius 2 is 2.11 bits per heavy atom. The van der Waals surface area contributed by atoms with E-state index in [0.29, 0.717) is 29.4 Å². The number of ether oxygens (including phenoxy) is 1. The van der Waals surface area contributed by atoms with Crippen LogP contribution in [0.2, 0.25) is 5.02 Å². The van der Waals surface area contributed by atoms with E-state index in [1.807, 2.05) is 0 Å². The molecule has 0 aliphatic carbocycles. The van der Waals surface area contributed by atoms with E-state index in [-0.39, 0.29) is 11.3 Å². The van der Waals surface area contributed by atoms with E-state index in [2.05, 4.69) is 19.2 Å². The summed E-state index contributed by atoms with van der Waals surface area (Å²) in [5.41, 5.74) is 6.61. The zero-order valence-corrected chi connectivity index (χ0v) is 12.4. The van der Waals surface area contributed by atoms with Crippen molar-refractivity contribution >= 4 is 23.2 Å². The number of hydrogen-bond donors (Lipinski definition) is 2. The molecule has 19 heavy (non-hydrogen) atoms. The number of carbonyl (C=O) groups is 1. The normalized spacial score (nSPS) is 11.4. The summed E-state index contributed by atoms with van der Waals surface area (Å²) in [5, 5.41) is 3.36. The first-order valence-corrected chi connectivity index (χ1v) is 6.55. The summed E-state index contributed by atoms with van der Waals surface area (Å²) >= 11 is 5.88. The summed E-state index contributed by atoms with van der Waals surface area (Å²) in [4.78, 5) is 12.0. The van der Waals surface area contributed by atoms with Gasteiger partial charge in [0.25, 0.3) is 5.91 Å². The lowest BCUT2D eigenvalue weighted by Gasteiger charge is -2.24. The number of nitrogens with one attached hydrogen (secondary N) is 1. The number of anilines is 1. The Morgan fingerprint density at radius 3 is 2.68 bits per heavy atom. The maximum Gasteiger partial charge on any atom is 0.251 e. The third-order valence-corrected chi connectivity index (χ3v) is 3.11. The summed E-state index contributed by atoms with van der Waals surface area (Å²) in [6, 6.07) is 4.83. The molecule has 0 fully saturated rings. The molecule has 0 unspecified atom stereocenters. The molecule has 0 aliphatic rings. The topological polar surface area (TPSA) is 64.3 Å². The van der Waals surface area contributed by atoms with Gasteiger partial charge in [0.15, 0.2) is 0 Å². The minimum Gasteiger partial charge on any atom is -0.399 e. The number of carbonyl (C=O) groups excluding carboxylic acids is 1. The van der Waals surface area contributed by atoms with Crippen LogP contribution in [0.25, 0.3) is 0 Å². The standard InChI is InChI=1S/C14H21ClN2O2/c1-14(2,4-5-19-3)9-17-13(18)10-6-11(15)8-12(16)7-10/h6-8H,4-5,9,16H2,1-3H3,(H,17,18). The number of nitrogen functional groups attached to an aromatic ring is 1. The van der Waals surface area contributed by atoms with Gasteiger partial charge in [-0.3, -0.25) is 4.79 Å². The fourth-order valence-corrected chi connectivity index (χ4v) is 1.88. The molecular weight excluding hydrogens is 264 g/mol. The zero-order valence-electron chi connectivity index (χ0n) is 11.6. The molecule has 0 spiro atoms. The van der Waals surface area contributed by atoms with Crippen LogP contribution < -0.4 is 11.1 Å². The number of amides is 1. The highest BCUT2D eigenvalue weighted by atomic mass is 35.5. The van der Waals surface area contributed by atoms with Gasteiger partial charge in [0.2, 0.25) is 0 Å². The molecule has 3 N–H and O–H groups in total. The lowest BCUT2D eigenvalue weighted by atomic mass is 9.89. The molecule has 1 rings (SSSR count). The smallest absolute Gasteiger partial charge is 0.251 e. The molecule has 0 heterocycles. The number of halogens is 1. The van der Waals surface area contributed by atoms with Gasteiger partial charge in [-0.15, -0.1) is 0 Å². The van der Waals surface area contributed by atoms with Crippen molar-refractivity contribution in [3.8, 4) is 0 Å². The van der Waals surface area contributed by atoms with Crippen molar-refractivity contribution in [1.82, 2.24) is 5.32 Å². The molecule has 1 aromatic rings. The van der Waals surface area contributed by atoms with Crippen LogP contribution in [0.4, 0.5) is 5.69 Å². The molecule has 0 aliphatic heterocycles. The Hall–Kier alpha value is -1.26. The molecule has 0 saturated carbocycles. The average molecular weight is 285 g/mol. The quantitative estimate of drug-likeness (QED) is 0.790. The number of nitrogens with two attached hydrogens (primary N) is 1. The Morgan fingerprint density at radius 1 is 1.42 bits per heavy atom.